The highest BCUT2D eigenvalue weighted by molar-refractivity contribution is 7.15. The highest BCUT2D eigenvalue weighted by atomic mass is 32.1. The third-order valence-electron chi connectivity index (χ3n) is 4.69. The number of hydrogen-bond acceptors (Lipinski definition) is 5. The number of carbonyl (C=O) groups is 1. The Hall–Kier alpha value is -3.52. The van der Waals surface area contributed by atoms with Gasteiger partial charge in [-0.1, -0.05) is 35.5 Å². The van der Waals surface area contributed by atoms with E-state index in [9.17, 15) is 9.18 Å². The van der Waals surface area contributed by atoms with Crippen molar-refractivity contribution in [3.8, 4) is 11.3 Å². The van der Waals surface area contributed by atoms with Crippen LogP contribution in [0.5, 0.6) is 0 Å². The molecule has 0 aliphatic carbocycles. The molecule has 0 bridgehead atoms. The number of aromatic nitrogens is 2. The molecule has 1 aliphatic heterocycles. The van der Waals surface area contributed by atoms with Crippen molar-refractivity contribution >= 4 is 33.7 Å². The Bertz CT molecular complexity index is 1210. The van der Waals surface area contributed by atoms with Crippen LogP contribution in [0.15, 0.2) is 71.3 Å². The van der Waals surface area contributed by atoms with Crippen LogP contribution in [0, 0.1) is 5.82 Å². The largest absolute Gasteiger partial charge is 0.382 e. The molecule has 0 spiro atoms. The number of amides is 1. The number of carbonyl (C=O) groups excluding carboxylic acids is 1. The van der Waals surface area contributed by atoms with Crippen molar-refractivity contribution in [3.05, 3.63) is 77.6 Å². The summed E-state index contributed by atoms with van der Waals surface area (Å²) in [6.07, 6.45) is 1.49. The Labute approximate surface area is 169 Å². The average molecular weight is 406 g/mol. The van der Waals surface area contributed by atoms with E-state index in [0.29, 0.717) is 23.5 Å². The highest BCUT2D eigenvalue weighted by Crippen LogP contribution is 2.31. The van der Waals surface area contributed by atoms with Gasteiger partial charge in [0.15, 0.2) is 4.96 Å². The molecule has 1 N–H and O–H groups in total. The monoisotopic (exact) mass is 406 g/mol. The summed E-state index contributed by atoms with van der Waals surface area (Å²) in [6.45, 7) is 0. The molecule has 2 aromatic heterocycles. The number of hydrogen-bond donors (Lipinski definition) is 1. The van der Waals surface area contributed by atoms with Gasteiger partial charge >= 0.3 is 0 Å². The zero-order valence-electron chi connectivity index (χ0n) is 15.1. The number of oxime groups is 1. The predicted molar refractivity (Wildman–Crippen MR) is 110 cm³/mol. The van der Waals surface area contributed by atoms with E-state index in [1.807, 2.05) is 41.9 Å². The standard InChI is InChI=1S/C21H15FN4O2S/c22-15-8-6-14(7-9-15)18-19(26-10-11-29-21(26)23-18)24-20(27)17-12-16(25-28-17)13-4-2-1-3-5-13/h1-11,17H,12H2,(H,24,27). The van der Waals surface area contributed by atoms with Crippen molar-refractivity contribution in [1.29, 1.82) is 0 Å². The second kappa shape index (κ2) is 7.14. The van der Waals surface area contributed by atoms with Gasteiger partial charge in [-0.15, -0.1) is 11.3 Å². The minimum absolute atomic E-state index is 0.309. The Kier molecular flexibility index (Phi) is 4.33. The quantitative estimate of drug-likeness (QED) is 0.548. The zero-order chi connectivity index (χ0) is 19.8. The van der Waals surface area contributed by atoms with Gasteiger partial charge in [0.25, 0.3) is 5.91 Å². The van der Waals surface area contributed by atoms with Crippen LogP contribution in [-0.2, 0) is 9.63 Å². The average Bonchev–Trinajstić information content (AvgIpc) is 3.47. The molecule has 0 fully saturated rings. The van der Waals surface area contributed by atoms with E-state index in [1.165, 1.54) is 23.5 Å². The van der Waals surface area contributed by atoms with Crippen molar-refractivity contribution in [2.75, 3.05) is 5.32 Å². The minimum atomic E-state index is -0.726. The van der Waals surface area contributed by atoms with Crippen molar-refractivity contribution in [2.45, 2.75) is 12.5 Å². The van der Waals surface area contributed by atoms with Gasteiger partial charge in [-0.2, -0.15) is 0 Å². The van der Waals surface area contributed by atoms with Crippen molar-refractivity contribution in [3.63, 3.8) is 0 Å². The van der Waals surface area contributed by atoms with E-state index >= 15 is 0 Å². The highest BCUT2D eigenvalue weighted by Gasteiger charge is 2.30. The maximum atomic E-state index is 13.3. The molecule has 6 nitrogen and oxygen atoms in total. The Morgan fingerprint density at radius 2 is 1.93 bits per heavy atom. The summed E-state index contributed by atoms with van der Waals surface area (Å²) in [5.74, 6) is -0.115. The lowest BCUT2D eigenvalue weighted by atomic mass is 10.0. The van der Waals surface area contributed by atoms with E-state index < -0.39 is 6.10 Å². The van der Waals surface area contributed by atoms with Crippen molar-refractivity contribution in [2.24, 2.45) is 5.16 Å². The van der Waals surface area contributed by atoms with Crippen LogP contribution in [0.25, 0.3) is 16.2 Å². The summed E-state index contributed by atoms with van der Waals surface area (Å²) in [4.78, 5) is 23.6. The molecule has 2 aromatic carbocycles. The number of fused-ring (bicyclic) bond motifs is 1. The molecule has 0 radical (unpaired) electrons. The van der Waals surface area contributed by atoms with Crippen molar-refractivity contribution < 1.29 is 14.0 Å². The van der Waals surface area contributed by atoms with Crippen LogP contribution in [0.2, 0.25) is 0 Å². The number of imidazole rings is 1. The van der Waals surface area contributed by atoms with Gasteiger partial charge in [0, 0.05) is 23.6 Å². The smallest absolute Gasteiger partial charge is 0.269 e. The Balaban J connectivity index is 1.40. The number of nitrogens with zero attached hydrogens (tertiary/aromatic N) is 3. The summed E-state index contributed by atoms with van der Waals surface area (Å²) in [5.41, 5.74) is 2.96. The van der Waals surface area contributed by atoms with E-state index in [2.05, 4.69) is 15.5 Å². The molecular weight excluding hydrogens is 391 g/mol. The first-order valence-corrected chi connectivity index (χ1v) is 9.87. The molecule has 8 heteroatoms. The van der Waals surface area contributed by atoms with Gasteiger partial charge in [0.1, 0.15) is 17.3 Å². The summed E-state index contributed by atoms with van der Waals surface area (Å²) in [7, 11) is 0. The second-order valence-electron chi connectivity index (χ2n) is 6.56. The van der Waals surface area contributed by atoms with E-state index in [0.717, 1.165) is 16.2 Å². The second-order valence-corrected chi connectivity index (χ2v) is 7.44. The molecular formula is C21H15FN4O2S. The maximum absolute atomic E-state index is 13.3. The van der Waals surface area contributed by atoms with Gasteiger partial charge in [-0.25, -0.2) is 9.37 Å². The fourth-order valence-electron chi connectivity index (χ4n) is 3.23. The Morgan fingerprint density at radius 1 is 1.14 bits per heavy atom. The predicted octanol–water partition coefficient (Wildman–Crippen LogP) is 4.33. The number of anilines is 1. The summed E-state index contributed by atoms with van der Waals surface area (Å²) in [5, 5.41) is 8.88. The van der Waals surface area contributed by atoms with Gasteiger partial charge in [0.05, 0.1) is 5.71 Å². The van der Waals surface area contributed by atoms with E-state index in [-0.39, 0.29) is 11.7 Å². The third-order valence-corrected chi connectivity index (χ3v) is 5.45. The molecule has 4 aromatic rings. The zero-order valence-corrected chi connectivity index (χ0v) is 15.9. The van der Waals surface area contributed by atoms with Crippen LogP contribution in [0.1, 0.15) is 12.0 Å². The molecule has 144 valence electrons. The molecule has 5 rings (SSSR count). The minimum Gasteiger partial charge on any atom is -0.382 e. The first-order valence-electron chi connectivity index (χ1n) is 8.99. The summed E-state index contributed by atoms with van der Waals surface area (Å²) in [6, 6.07) is 15.6. The van der Waals surface area contributed by atoms with Gasteiger partial charge in [-0.3, -0.25) is 9.20 Å². The molecule has 0 saturated carbocycles. The number of rotatable bonds is 4. The fourth-order valence-corrected chi connectivity index (χ4v) is 3.94. The SMILES string of the molecule is O=C(Nc1c(-c2ccc(F)cc2)nc2sccn12)C1CC(c2ccccc2)=NO1. The number of nitrogens with one attached hydrogen (secondary N) is 1. The Morgan fingerprint density at radius 3 is 2.72 bits per heavy atom. The van der Waals surface area contributed by atoms with Crippen LogP contribution < -0.4 is 5.32 Å². The first-order chi connectivity index (χ1) is 14.2. The fraction of sp³-hybridized carbons (Fsp3) is 0.0952. The number of thiazole rings is 1. The third kappa shape index (κ3) is 3.27. The molecule has 1 aliphatic rings. The topological polar surface area (TPSA) is 68.0 Å². The lowest BCUT2D eigenvalue weighted by Gasteiger charge is -2.10. The lowest BCUT2D eigenvalue weighted by Crippen LogP contribution is -2.28. The van der Waals surface area contributed by atoms with E-state index in [4.69, 9.17) is 4.84 Å². The maximum Gasteiger partial charge on any atom is 0.269 e. The molecule has 0 saturated heterocycles. The van der Waals surface area contributed by atoms with Gasteiger partial charge < -0.3 is 10.2 Å². The van der Waals surface area contributed by atoms with E-state index in [1.54, 1.807) is 16.5 Å². The van der Waals surface area contributed by atoms with Crippen LogP contribution in [0.4, 0.5) is 10.2 Å². The molecule has 1 amide bonds. The molecule has 29 heavy (non-hydrogen) atoms. The van der Waals surface area contributed by atoms with Gasteiger partial charge in [0.2, 0.25) is 6.10 Å². The molecule has 3 heterocycles. The van der Waals surface area contributed by atoms with Crippen LogP contribution in [-0.4, -0.2) is 27.1 Å². The van der Waals surface area contributed by atoms with Crippen LogP contribution >= 0.6 is 11.3 Å². The summed E-state index contributed by atoms with van der Waals surface area (Å²) < 4.78 is 15.1. The molecule has 1 atom stereocenters. The number of benzene rings is 2. The first kappa shape index (κ1) is 17.6. The number of halogens is 1. The molecule has 1 unspecified atom stereocenters. The normalized spacial score (nSPS) is 15.9. The van der Waals surface area contributed by atoms with Gasteiger partial charge in [-0.05, 0) is 29.8 Å². The van der Waals surface area contributed by atoms with Crippen LogP contribution in [0.3, 0.4) is 0 Å². The summed E-state index contributed by atoms with van der Waals surface area (Å²) >= 11 is 1.45. The van der Waals surface area contributed by atoms with Crippen molar-refractivity contribution in [1.82, 2.24) is 9.38 Å². The lowest BCUT2D eigenvalue weighted by molar-refractivity contribution is -0.125.